The van der Waals surface area contributed by atoms with Crippen LogP contribution in [-0.2, 0) is 15.9 Å². The molecule has 2 aromatic rings. The summed E-state index contributed by atoms with van der Waals surface area (Å²) in [4.78, 5) is 16.6. The van der Waals surface area contributed by atoms with Crippen molar-refractivity contribution >= 4 is 27.7 Å². The molecule has 2 aliphatic rings. The zero-order chi connectivity index (χ0) is 24.1. The molecule has 0 bridgehead atoms. The Balaban J connectivity index is 1.25. The number of ether oxygens (including phenoxy) is 4. The Morgan fingerprint density at radius 3 is 2.62 bits per heavy atom. The average molecular weight is 533 g/mol. The van der Waals surface area contributed by atoms with Gasteiger partial charge in [0.25, 0.3) is 0 Å². The van der Waals surface area contributed by atoms with Crippen LogP contribution in [-0.4, -0.2) is 63.8 Å². The van der Waals surface area contributed by atoms with Crippen LogP contribution in [0.25, 0.3) is 0 Å². The standard InChI is InChI=1S/C26H33BrN2O5/c1-18(31-2)33-23-8-9-25(27)20(15-23)14-19-10-12-28(16-19)13-11-24-17-29(26(30)34-24)21-4-6-22(32-3)7-5-21/h4-9,15,18-19,24H,10-14,16-17H2,1-3H3. The number of nitrogens with zero attached hydrogens (tertiary/aromatic N) is 2. The zero-order valence-electron chi connectivity index (χ0n) is 20.0. The molecule has 3 atom stereocenters. The van der Waals surface area contributed by atoms with Crippen LogP contribution in [0.1, 0.15) is 25.3 Å². The molecule has 0 radical (unpaired) electrons. The van der Waals surface area contributed by atoms with Crippen molar-refractivity contribution in [2.45, 2.75) is 38.6 Å². The van der Waals surface area contributed by atoms with Gasteiger partial charge in [0.15, 0.2) is 6.29 Å². The Bertz CT molecular complexity index is 970. The molecule has 0 N–H and O–H groups in total. The molecule has 34 heavy (non-hydrogen) atoms. The number of benzene rings is 2. The van der Waals surface area contributed by atoms with Crippen LogP contribution in [0.15, 0.2) is 46.9 Å². The second-order valence-corrected chi connectivity index (χ2v) is 9.79. The van der Waals surface area contributed by atoms with Gasteiger partial charge in [0.2, 0.25) is 0 Å². The Labute approximate surface area is 210 Å². The highest BCUT2D eigenvalue weighted by Crippen LogP contribution is 2.30. The lowest BCUT2D eigenvalue weighted by Crippen LogP contribution is -2.28. The number of carbonyl (C=O) groups is 1. The first-order valence-electron chi connectivity index (χ1n) is 11.8. The third-order valence-corrected chi connectivity index (χ3v) is 7.33. The third-order valence-electron chi connectivity index (χ3n) is 6.56. The Morgan fingerprint density at radius 2 is 1.88 bits per heavy atom. The number of methoxy groups -OCH3 is 2. The van der Waals surface area contributed by atoms with Gasteiger partial charge in [0.1, 0.15) is 17.6 Å². The van der Waals surface area contributed by atoms with Crippen molar-refractivity contribution in [1.82, 2.24) is 4.90 Å². The minimum absolute atomic E-state index is 0.0839. The maximum absolute atomic E-state index is 12.4. The fourth-order valence-electron chi connectivity index (χ4n) is 4.59. The molecule has 7 nitrogen and oxygen atoms in total. The maximum atomic E-state index is 12.4. The molecule has 2 saturated heterocycles. The molecule has 2 heterocycles. The molecule has 1 amide bonds. The maximum Gasteiger partial charge on any atom is 0.414 e. The smallest absolute Gasteiger partial charge is 0.414 e. The SMILES string of the molecule is COc1ccc(N2CC(CCN3CCC(Cc4cc(OC(C)OC)ccc4Br)C3)OC2=O)cc1. The molecule has 184 valence electrons. The van der Waals surface area contributed by atoms with Crippen LogP contribution in [0.5, 0.6) is 11.5 Å². The number of amides is 1. The second kappa shape index (κ2) is 11.4. The van der Waals surface area contributed by atoms with E-state index in [1.165, 1.54) is 5.56 Å². The highest BCUT2D eigenvalue weighted by Gasteiger charge is 2.33. The second-order valence-electron chi connectivity index (χ2n) is 8.94. The third kappa shape index (κ3) is 6.23. The van der Waals surface area contributed by atoms with Crippen LogP contribution in [0.3, 0.4) is 0 Å². The summed E-state index contributed by atoms with van der Waals surface area (Å²) in [5.74, 6) is 2.19. The highest BCUT2D eigenvalue weighted by atomic mass is 79.9. The normalized spacial score (nSPS) is 21.5. The van der Waals surface area contributed by atoms with Crippen molar-refractivity contribution < 1.29 is 23.7 Å². The summed E-state index contributed by atoms with van der Waals surface area (Å²) in [6.45, 7) is 5.52. The van der Waals surface area contributed by atoms with Crippen molar-refractivity contribution in [2.75, 3.05) is 45.3 Å². The fraction of sp³-hybridized carbons (Fsp3) is 0.500. The monoisotopic (exact) mass is 532 g/mol. The number of anilines is 1. The minimum atomic E-state index is -0.277. The minimum Gasteiger partial charge on any atom is -0.497 e. The summed E-state index contributed by atoms with van der Waals surface area (Å²) < 4.78 is 23.0. The molecule has 8 heteroatoms. The highest BCUT2D eigenvalue weighted by molar-refractivity contribution is 9.10. The topological polar surface area (TPSA) is 60.5 Å². The molecule has 2 aromatic carbocycles. The molecule has 2 aliphatic heterocycles. The van der Waals surface area contributed by atoms with Gasteiger partial charge in [0.05, 0.1) is 13.7 Å². The first-order chi connectivity index (χ1) is 16.4. The average Bonchev–Trinajstić information content (AvgIpc) is 3.45. The predicted molar refractivity (Wildman–Crippen MR) is 135 cm³/mol. The van der Waals surface area contributed by atoms with E-state index < -0.39 is 0 Å². The Hall–Kier alpha value is -2.29. The lowest BCUT2D eigenvalue weighted by molar-refractivity contribution is -0.0383. The number of carbonyl (C=O) groups excluding carboxylic acids is 1. The molecule has 0 aliphatic carbocycles. The first-order valence-corrected chi connectivity index (χ1v) is 12.6. The van der Waals surface area contributed by atoms with Crippen molar-refractivity contribution in [3.63, 3.8) is 0 Å². The summed E-state index contributed by atoms with van der Waals surface area (Å²) in [6.07, 6.45) is 2.37. The van der Waals surface area contributed by atoms with Crippen molar-refractivity contribution in [3.05, 3.63) is 52.5 Å². The van der Waals surface area contributed by atoms with Crippen LogP contribution in [0, 0.1) is 5.92 Å². The van der Waals surface area contributed by atoms with E-state index in [-0.39, 0.29) is 18.5 Å². The molecule has 2 fully saturated rings. The Kier molecular flexibility index (Phi) is 8.34. The molecular formula is C26H33BrN2O5. The van der Waals surface area contributed by atoms with E-state index in [9.17, 15) is 4.79 Å². The number of hydrogen-bond acceptors (Lipinski definition) is 6. The molecule has 0 aromatic heterocycles. The van der Waals surface area contributed by atoms with E-state index in [4.69, 9.17) is 18.9 Å². The van der Waals surface area contributed by atoms with Gasteiger partial charge in [0, 0.05) is 30.4 Å². The lowest BCUT2D eigenvalue weighted by Gasteiger charge is -2.19. The molecule has 0 spiro atoms. The molecular weight excluding hydrogens is 500 g/mol. The number of rotatable bonds is 10. The van der Waals surface area contributed by atoms with E-state index in [1.54, 1.807) is 19.1 Å². The van der Waals surface area contributed by atoms with Gasteiger partial charge in [-0.2, -0.15) is 0 Å². The van der Waals surface area contributed by atoms with Gasteiger partial charge >= 0.3 is 6.09 Å². The summed E-state index contributed by atoms with van der Waals surface area (Å²) >= 11 is 3.69. The van der Waals surface area contributed by atoms with Gasteiger partial charge in [-0.3, -0.25) is 4.90 Å². The quantitative estimate of drug-likeness (QED) is 0.396. The molecule has 0 saturated carbocycles. The van der Waals surface area contributed by atoms with E-state index in [0.29, 0.717) is 12.5 Å². The fourth-order valence-corrected chi connectivity index (χ4v) is 4.99. The zero-order valence-corrected chi connectivity index (χ0v) is 21.6. The number of cyclic esters (lactones) is 1. The number of halogens is 1. The summed E-state index contributed by atoms with van der Waals surface area (Å²) in [5, 5.41) is 0. The summed E-state index contributed by atoms with van der Waals surface area (Å²) in [5.41, 5.74) is 2.10. The first kappa shape index (κ1) is 24.8. The predicted octanol–water partition coefficient (Wildman–Crippen LogP) is 5.11. The van der Waals surface area contributed by atoms with E-state index in [1.807, 2.05) is 43.3 Å². The number of likely N-dealkylation sites (tertiary alicyclic amines) is 1. The van der Waals surface area contributed by atoms with Gasteiger partial charge in [-0.1, -0.05) is 15.9 Å². The van der Waals surface area contributed by atoms with Crippen LogP contribution < -0.4 is 14.4 Å². The van der Waals surface area contributed by atoms with E-state index in [0.717, 1.165) is 60.6 Å². The van der Waals surface area contributed by atoms with E-state index >= 15 is 0 Å². The van der Waals surface area contributed by atoms with Gasteiger partial charge in [-0.05, 0) is 86.7 Å². The van der Waals surface area contributed by atoms with Gasteiger partial charge in [-0.15, -0.1) is 0 Å². The largest absolute Gasteiger partial charge is 0.497 e. The lowest BCUT2D eigenvalue weighted by atomic mass is 9.98. The summed E-state index contributed by atoms with van der Waals surface area (Å²) in [6, 6.07) is 13.6. The van der Waals surface area contributed by atoms with Crippen LogP contribution in [0.2, 0.25) is 0 Å². The van der Waals surface area contributed by atoms with Crippen molar-refractivity contribution in [3.8, 4) is 11.5 Å². The molecule has 3 unspecified atom stereocenters. The van der Waals surface area contributed by atoms with Crippen LogP contribution >= 0.6 is 15.9 Å². The van der Waals surface area contributed by atoms with Gasteiger partial charge < -0.3 is 23.8 Å². The van der Waals surface area contributed by atoms with Gasteiger partial charge in [-0.25, -0.2) is 4.79 Å². The van der Waals surface area contributed by atoms with Crippen molar-refractivity contribution in [1.29, 1.82) is 0 Å². The van der Waals surface area contributed by atoms with Crippen molar-refractivity contribution in [2.24, 2.45) is 5.92 Å². The number of hydrogen-bond donors (Lipinski definition) is 0. The molecule has 4 rings (SSSR count). The Morgan fingerprint density at radius 1 is 1.12 bits per heavy atom. The summed E-state index contributed by atoms with van der Waals surface area (Å²) in [7, 11) is 3.27. The van der Waals surface area contributed by atoms with Crippen LogP contribution in [0.4, 0.5) is 10.5 Å². The van der Waals surface area contributed by atoms with E-state index in [2.05, 4.69) is 26.9 Å².